The second-order valence-electron chi connectivity index (χ2n) is 4.98. The Morgan fingerprint density at radius 2 is 1.71 bits per heavy atom. The third kappa shape index (κ3) is 4.01. The highest BCUT2D eigenvalue weighted by molar-refractivity contribution is 9.10. The zero-order chi connectivity index (χ0) is 15.5. The summed E-state index contributed by atoms with van der Waals surface area (Å²) in [5.41, 5.74) is 1.68. The molecule has 0 bridgehead atoms. The SMILES string of the molecule is Fc1ccc(CC(CCl)(CCl)c2cccc(Br)c2)cc1Br. The number of benzene rings is 2. The van der Waals surface area contributed by atoms with Crippen molar-refractivity contribution in [1.29, 1.82) is 0 Å². The Morgan fingerprint density at radius 1 is 1.00 bits per heavy atom. The van der Waals surface area contributed by atoms with E-state index < -0.39 is 0 Å². The van der Waals surface area contributed by atoms with E-state index in [4.69, 9.17) is 23.2 Å². The van der Waals surface area contributed by atoms with E-state index in [1.54, 1.807) is 12.1 Å². The first-order valence-corrected chi connectivity index (χ1v) is 8.98. The number of halogens is 5. The Bertz CT molecular complexity index is 627. The van der Waals surface area contributed by atoms with Gasteiger partial charge >= 0.3 is 0 Å². The summed E-state index contributed by atoms with van der Waals surface area (Å²) in [5.74, 6) is 0.507. The molecule has 0 unspecified atom stereocenters. The summed E-state index contributed by atoms with van der Waals surface area (Å²) in [6, 6.07) is 13.0. The van der Waals surface area contributed by atoms with Gasteiger partial charge in [-0.1, -0.05) is 34.1 Å². The first-order valence-electron chi connectivity index (χ1n) is 6.33. The third-order valence-electron chi connectivity index (χ3n) is 3.48. The van der Waals surface area contributed by atoms with Crippen LogP contribution in [0.3, 0.4) is 0 Å². The minimum atomic E-state index is -0.385. The summed E-state index contributed by atoms with van der Waals surface area (Å²) in [6.45, 7) is 0. The Morgan fingerprint density at radius 3 is 2.29 bits per heavy atom. The maximum Gasteiger partial charge on any atom is 0.137 e. The second-order valence-corrected chi connectivity index (χ2v) is 7.29. The van der Waals surface area contributed by atoms with Gasteiger partial charge in [0.1, 0.15) is 5.82 Å². The fourth-order valence-electron chi connectivity index (χ4n) is 2.25. The van der Waals surface area contributed by atoms with Gasteiger partial charge in [0.2, 0.25) is 0 Å². The van der Waals surface area contributed by atoms with E-state index in [2.05, 4.69) is 31.9 Å². The van der Waals surface area contributed by atoms with E-state index in [9.17, 15) is 4.39 Å². The van der Waals surface area contributed by atoms with Crippen LogP contribution in [-0.2, 0) is 11.8 Å². The summed E-state index contributed by atoms with van der Waals surface area (Å²) in [7, 11) is 0. The van der Waals surface area contributed by atoms with E-state index in [1.807, 2.05) is 24.3 Å². The molecule has 0 fully saturated rings. The smallest absolute Gasteiger partial charge is 0.137 e. The molecule has 0 saturated heterocycles. The number of alkyl halides is 2. The van der Waals surface area contributed by atoms with Gasteiger partial charge in [-0.2, -0.15) is 0 Å². The number of hydrogen-bond acceptors (Lipinski definition) is 0. The molecule has 2 rings (SSSR count). The first-order chi connectivity index (χ1) is 10.0. The van der Waals surface area contributed by atoms with Crippen LogP contribution in [0.5, 0.6) is 0 Å². The normalized spacial score (nSPS) is 11.7. The number of hydrogen-bond donors (Lipinski definition) is 0. The molecule has 5 heteroatoms. The molecule has 21 heavy (non-hydrogen) atoms. The molecule has 0 heterocycles. The fourth-order valence-corrected chi connectivity index (χ4v) is 3.85. The van der Waals surface area contributed by atoms with Crippen LogP contribution in [0.15, 0.2) is 51.4 Å². The van der Waals surface area contributed by atoms with Crippen molar-refractivity contribution in [2.75, 3.05) is 11.8 Å². The van der Waals surface area contributed by atoms with Gasteiger partial charge < -0.3 is 0 Å². The standard InChI is InChI=1S/C16H13Br2Cl2F/c17-13-3-1-2-12(7-13)16(9-19,10-20)8-11-4-5-15(21)14(18)6-11/h1-7H,8-10H2. The maximum absolute atomic E-state index is 13.4. The quantitative estimate of drug-likeness (QED) is 0.464. The molecule has 0 aliphatic heterocycles. The van der Waals surface area contributed by atoms with Gasteiger partial charge in [-0.3, -0.25) is 0 Å². The molecule has 0 N–H and O–H groups in total. The number of rotatable bonds is 5. The molecule has 2 aromatic carbocycles. The van der Waals surface area contributed by atoms with E-state index >= 15 is 0 Å². The van der Waals surface area contributed by atoms with Crippen LogP contribution in [0.2, 0.25) is 0 Å². The molecule has 112 valence electrons. The van der Waals surface area contributed by atoms with Crippen LogP contribution in [0, 0.1) is 5.82 Å². The van der Waals surface area contributed by atoms with E-state index in [0.29, 0.717) is 22.7 Å². The van der Waals surface area contributed by atoms with Crippen molar-refractivity contribution < 1.29 is 4.39 Å². The van der Waals surface area contributed by atoms with Gasteiger partial charge in [0.05, 0.1) is 4.47 Å². The molecule has 0 aromatic heterocycles. The summed E-state index contributed by atoms with van der Waals surface area (Å²) in [5, 5.41) is 0. The Labute approximate surface area is 150 Å². The zero-order valence-corrected chi connectivity index (χ0v) is 15.7. The van der Waals surface area contributed by atoms with Gasteiger partial charge in [-0.15, -0.1) is 23.2 Å². The topological polar surface area (TPSA) is 0 Å². The van der Waals surface area contributed by atoms with Gasteiger partial charge in [-0.05, 0) is 57.7 Å². The third-order valence-corrected chi connectivity index (χ3v) is 5.60. The average molecular weight is 455 g/mol. The van der Waals surface area contributed by atoms with Crippen LogP contribution in [0.1, 0.15) is 11.1 Å². The highest BCUT2D eigenvalue weighted by Crippen LogP contribution is 2.34. The lowest BCUT2D eigenvalue weighted by Gasteiger charge is -2.30. The van der Waals surface area contributed by atoms with Gasteiger partial charge in [0, 0.05) is 21.6 Å². The van der Waals surface area contributed by atoms with Gasteiger partial charge in [-0.25, -0.2) is 4.39 Å². The van der Waals surface area contributed by atoms with E-state index in [0.717, 1.165) is 15.6 Å². The van der Waals surface area contributed by atoms with Gasteiger partial charge in [0.15, 0.2) is 0 Å². The monoisotopic (exact) mass is 452 g/mol. The molecular weight excluding hydrogens is 442 g/mol. The summed E-state index contributed by atoms with van der Waals surface area (Å²) >= 11 is 19.2. The lowest BCUT2D eigenvalue weighted by atomic mass is 9.79. The summed E-state index contributed by atoms with van der Waals surface area (Å²) in [4.78, 5) is 0. The van der Waals surface area contributed by atoms with Crippen LogP contribution >= 0.6 is 55.1 Å². The Balaban J connectivity index is 2.40. The average Bonchev–Trinajstić information content (AvgIpc) is 2.48. The van der Waals surface area contributed by atoms with Gasteiger partial charge in [0.25, 0.3) is 0 Å². The summed E-state index contributed by atoms with van der Waals surface area (Å²) in [6.07, 6.45) is 0.648. The molecule has 2 aromatic rings. The van der Waals surface area contributed by atoms with Crippen molar-refractivity contribution in [2.24, 2.45) is 0 Å². The zero-order valence-electron chi connectivity index (χ0n) is 11.1. The first kappa shape index (κ1) is 17.3. The molecule has 0 atom stereocenters. The van der Waals surface area contributed by atoms with Crippen molar-refractivity contribution in [3.8, 4) is 0 Å². The second kappa shape index (κ2) is 7.45. The summed E-state index contributed by atoms with van der Waals surface area (Å²) < 4.78 is 14.8. The van der Waals surface area contributed by atoms with E-state index in [-0.39, 0.29) is 11.2 Å². The minimum Gasteiger partial charge on any atom is -0.206 e. The molecule has 0 aliphatic rings. The van der Waals surface area contributed by atoms with Crippen LogP contribution < -0.4 is 0 Å². The fraction of sp³-hybridized carbons (Fsp3) is 0.250. The maximum atomic E-state index is 13.4. The molecule has 0 aliphatic carbocycles. The molecular formula is C16H13Br2Cl2F. The molecule has 0 saturated carbocycles. The largest absolute Gasteiger partial charge is 0.206 e. The van der Waals surface area contributed by atoms with Crippen molar-refractivity contribution in [3.05, 3.63) is 68.4 Å². The molecule has 0 spiro atoms. The van der Waals surface area contributed by atoms with Crippen molar-refractivity contribution in [3.63, 3.8) is 0 Å². The lowest BCUT2D eigenvalue weighted by molar-refractivity contribution is 0.534. The molecule has 0 amide bonds. The highest BCUT2D eigenvalue weighted by Gasteiger charge is 2.31. The predicted octanol–water partition coefficient (Wildman–Crippen LogP) is 6.31. The van der Waals surface area contributed by atoms with Crippen LogP contribution in [0.25, 0.3) is 0 Å². The molecule has 0 radical (unpaired) electrons. The highest BCUT2D eigenvalue weighted by atomic mass is 79.9. The van der Waals surface area contributed by atoms with Crippen LogP contribution in [-0.4, -0.2) is 11.8 Å². The predicted molar refractivity (Wildman–Crippen MR) is 95.1 cm³/mol. The van der Waals surface area contributed by atoms with Crippen LogP contribution in [0.4, 0.5) is 4.39 Å². The Hall–Kier alpha value is -0.0900. The van der Waals surface area contributed by atoms with E-state index in [1.165, 1.54) is 6.07 Å². The minimum absolute atomic E-state index is 0.274. The van der Waals surface area contributed by atoms with Crippen molar-refractivity contribution in [2.45, 2.75) is 11.8 Å². The van der Waals surface area contributed by atoms with Crippen molar-refractivity contribution >= 4 is 55.1 Å². The molecule has 0 nitrogen and oxygen atoms in total. The van der Waals surface area contributed by atoms with Crippen molar-refractivity contribution in [1.82, 2.24) is 0 Å². The lowest BCUT2D eigenvalue weighted by Crippen LogP contribution is -2.33. The Kier molecular flexibility index (Phi) is 6.13.